The van der Waals surface area contributed by atoms with Crippen LogP contribution in [0.15, 0.2) is 121 Å². The Morgan fingerprint density at radius 1 is 0.667 bits per heavy atom. The summed E-state index contributed by atoms with van der Waals surface area (Å²) in [7, 11) is 0. The highest BCUT2D eigenvalue weighted by Crippen LogP contribution is 2.36. The highest BCUT2D eigenvalue weighted by Gasteiger charge is 2.48. The van der Waals surface area contributed by atoms with Crippen molar-refractivity contribution in [2.75, 3.05) is 6.61 Å². The number of rotatable bonds is 11. The third-order valence-electron chi connectivity index (χ3n) is 7.81. The van der Waals surface area contributed by atoms with E-state index in [9.17, 15) is 5.11 Å². The van der Waals surface area contributed by atoms with Crippen LogP contribution >= 0.6 is 0 Å². The minimum Gasteiger partial charge on any atom is -0.386 e. The molecule has 0 unspecified atom stereocenters. The number of fused-ring (bicyclic) bond motifs is 1. The average molecular weight is 564 g/mol. The summed E-state index contributed by atoms with van der Waals surface area (Å²) in [6.07, 6.45) is -1.37. The predicted octanol–water partition coefficient (Wildman–Crippen LogP) is 6.60. The van der Waals surface area contributed by atoms with Crippen LogP contribution in [0.3, 0.4) is 0 Å². The molecule has 1 saturated heterocycles. The number of hydrogen-bond acceptors (Lipinski definition) is 5. The Balaban J connectivity index is 1.31. The SMILES string of the molecule is Cc1cn([C@@H]2O[C@H](COCc3ccccc3)[C@H](OCc3ccccc3)[C@H](OCc3ccccc3)[C@H]2O)c2ccccc12. The van der Waals surface area contributed by atoms with Crippen LogP contribution in [-0.4, -0.2) is 40.7 Å². The van der Waals surface area contributed by atoms with E-state index in [4.69, 9.17) is 18.9 Å². The first-order valence-corrected chi connectivity index (χ1v) is 14.5. The van der Waals surface area contributed by atoms with Crippen LogP contribution in [0, 0.1) is 6.92 Å². The summed E-state index contributed by atoms with van der Waals surface area (Å²) in [5.74, 6) is 0. The van der Waals surface area contributed by atoms with Crippen molar-refractivity contribution < 1.29 is 24.1 Å². The van der Waals surface area contributed by atoms with E-state index in [2.05, 4.69) is 19.1 Å². The highest BCUT2D eigenvalue weighted by atomic mass is 16.6. The predicted molar refractivity (Wildman–Crippen MR) is 163 cm³/mol. The molecule has 6 nitrogen and oxygen atoms in total. The van der Waals surface area contributed by atoms with E-state index in [0.717, 1.165) is 33.2 Å². The first-order chi connectivity index (χ1) is 20.7. The monoisotopic (exact) mass is 563 g/mol. The van der Waals surface area contributed by atoms with E-state index in [-0.39, 0.29) is 6.61 Å². The molecular weight excluding hydrogens is 526 g/mol. The first-order valence-electron chi connectivity index (χ1n) is 14.5. The minimum atomic E-state index is -0.991. The van der Waals surface area contributed by atoms with E-state index in [1.54, 1.807) is 0 Å². The van der Waals surface area contributed by atoms with Crippen LogP contribution in [0.1, 0.15) is 28.5 Å². The average Bonchev–Trinajstić information content (AvgIpc) is 3.37. The van der Waals surface area contributed by atoms with Crippen molar-refractivity contribution in [1.29, 1.82) is 0 Å². The fourth-order valence-corrected chi connectivity index (χ4v) is 5.66. The molecule has 5 atom stereocenters. The molecule has 6 heteroatoms. The number of benzene rings is 4. The van der Waals surface area contributed by atoms with Crippen molar-refractivity contribution in [3.63, 3.8) is 0 Å². The van der Waals surface area contributed by atoms with Gasteiger partial charge in [-0.1, -0.05) is 109 Å². The van der Waals surface area contributed by atoms with Gasteiger partial charge in [0.2, 0.25) is 0 Å². The van der Waals surface area contributed by atoms with Gasteiger partial charge in [0, 0.05) is 11.6 Å². The molecule has 1 aromatic heterocycles. The third kappa shape index (κ3) is 6.49. The number of hydrogen-bond donors (Lipinski definition) is 1. The van der Waals surface area contributed by atoms with Gasteiger partial charge in [0.25, 0.3) is 0 Å². The van der Waals surface area contributed by atoms with Crippen LogP contribution in [0.2, 0.25) is 0 Å². The second-order valence-corrected chi connectivity index (χ2v) is 10.8. The van der Waals surface area contributed by atoms with Crippen molar-refractivity contribution in [2.24, 2.45) is 0 Å². The third-order valence-corrected chi connectivity index (χ3v) is 7.81. The Hall–Kier alpha value is -3.78. The lowest BCUT2D eigenvalue weighted by molar-refractivity contribution is -0.278. The molecule has 0 amide bonds. The molecule has 2 heterocycles. The number of nitrogens with zero attached hydrogens (tertiary/aromatic N) is 1. The van der Waals surface area contributed by atoms with Gasteiger partial charge in [-0.3, -0.25) is 0 Å². The molecule has 0 radical (unpaired) electrons. The van der Waals surface area contributed by atoms with E-state index in [1.165, 1.54) is 0 Å². The fourth-order valence-electron chi connectivity index (χ4n) is 5.66. The summed E-state index contributed by atoms with van der Waals surface area (Å²) in [6.45, 7) is 3.49. The maximum atomic E-state index is 11.9. The molecule has 0 saturated carbocycles. The first kappa shape index (κ1) is 28.3. The van der Waals surface area contributed by atoms with Gasteiger partial charge in [0.05, 0.1) is 31.9 Å². The smallest absolute Gasteiger partial charge is 0.163 e. The molecule has 1 fully saturated rings. The van der Waals surface area contributed by atoms with Gasteiger partial charge in [-0.15, -0.1) is 0 Å². The Morgan fingerprint density at radius 3 is 1.81 bits per heavy atom. The van der Waals surface area contributed by atoms with Gasteiger partial charge in [0.1, 0.15) is 24.4 Å². The maximum absolute atomic E-state index is 11.9. The molecule has 1 aliphatic rings. The zero-order valence-electron chi connectivity index (χ0n) is 23.8. The van der Waals surface area contributed by atoms with E-state index >= 15 is 0 Å². The van der Waals surface area contributed by atoms with E-state index < -0.39 is 30.6 Å². The largest absolute Gasteiger partial charge is 0.386 e. The summed E-state index contributed by atoms with van der Waals surface area (Å²) in [4.78, 5) is 0. The number of ether oxygens (including phenoxy) is 4. The van der Waals surface area contributed by atoms with Crippen LogP contribution in [0.25, 0.3) is 10.9 Å². The molecular formula is C36H37NO5. The van der Waals surface area contributed by atoms with Crippen molar-refractivity contribution in [2.45, 2.75) is 57.4 Å². The van der Waals surface area contributed by atoms with Gasteiger partial charge in [-0.2, -0.15) is 0 Å². The lowest BCUT2D eigenvalue weighted by Gasteiger charge is -2.45. The maximum Gasteiger partial charge on any atom is 0.163 e. The second-order valence-electron chi connectivity index (χ2n) is 10.8. The minimum absolute atomic E-state index is 0.279. The number of para-hydroxylation sites is 1. The Kier molecular flexibility index (Phi) is 9.09. The van der Waals surface area contributed by atoms with Crippen LogP contribution in [0.4, 0.5) is 0 Å². The number of aryl methyl sites for hydroxylation is 1. The Labute approximate surface area is 247 Å². The fraction of sp³-hybridized carbons (Fsp3) is 0.278. The van der Waals surface area contributed by atoms with E-state index in [0.29, 0.717) is 19.8 Å². The molecule has 6 rings (SSSR count). The molecule has 216 valence electrons. The summed E-state index contributed by atoms with van der Waals surface area (Å²) < 4.78 is 28.0. The van der Waals surface area contributed by atoms with Crippen molar-refractivity contribution in [3.05, 3.63) is 144 Å². The Bertz CT molecular complexity index is 1540. The quantitative estimate of drug-likeness (QED) is 0.196. The van der Waals surface area contributed by atoms with Crippen LogP contribution in [0.5, 0.6) is 0 Å². The summed E-state index contributed by atoms with van der Waals surface area (Å²) in [6, 6.07) is 38.3. The number of aliphatic hydroxyl groups is 1. The van der Waals surface area contributed by atoms with Crippen molar-refractivity contribution in [1.82, 2.24) is 4.57 Å². The topological polar surface area (TPSA) is 62.1 Å². The molecule has 1 aliphatic heterocycles. The molecule has 4 aromatic carbocycles. The molecule has 42 heavy (non-hydrogen) atoms. The highest BCUT2D eigenvalue weighted by molar-refractivity contribution is 5.83. The van der Waals surface area contributed by atoms with Crippen molar-refractivity contribution >= 4 is 10.9 Å². The number of aliphatic hydroxyl groups excluding tert-OH is 1. The lowest BCUT2D eigenvalue weighted by Crippen LogP contribution is -2.58. The normalized spacial score (nSPS) is 22.4. The molecule has 0 aliphatic carbocycles. The van der Waals surface area contributed by atoms with Gasteiger partial charge in [-0.25, -0.2) is 0 Å². The molecule has 1 N–H and O–H groups in total. The summed E-state index contributed by atoms with van der Waals surface area (Å²) >= 11 is 0. The van der Waals surface area contributed by atoms with Gasteiger partial charge < -0.3 is 28.6 Å². The lowest BCUT2D eigenvalue weighted by atomic mass is 9.97. The standard InChI is InChI=1S/C36H37NO5/c1-26-21-37(31-20-12-11-19-30(26)31)36-33(38)35(41-24-29-17-9-4-10-18-29)34(40-23-28-15-7-3-8-16-28)32(42-36)25-39-22-27-13-5-2-6-14-27/h2-21,32-36,38H,22-25H2,1H3/t32-,33-,34+,35-,36-/m1/s1. The Morgan fingerprint density at radius 2 is 1.19 bits per heavy atom. The van der Waals surface area contributed by atoms with Gasteiger partial charge in [0.15, 0.2) is 6.23 Å². The van der Waals surface area contributed by atoms with Crippen LogP contribution in [-0.2, 0) is 38.8 Å². The second kappa shape index (κ2) is 13.5. The van der Waals surface area contributed by atoms with Crippen LogP contribution < -0.4 is 0 Å². The number of aromatic nitrogens is 1. The zero-order chi connectivity index (χ0) is 28.7. The van der Waals surface area contributed by atoms with E-state index in [1.807, 2.05) is 114 Å². The zero-order valence-corrected chi connectivity index (χ0v) is 23.8. The molecule has 5 aromatic rings. The molecule has 0 bridgehead atoms. The van der Waals surface area contributed by atoms with Gasteiger partial charge in [-0.05, 0) is 35.2 Å². The molecule has 0 spiro atoms. The van der Waals surface area contributed by atoms with Gasteiger partial charge >= 0.3 is 0 Å². The summed E-state index contributed by atoms with van der Waals surface area (Å²) in [5.41, 5.74) is 5.24. The summed E-state index contributed by atoms with van der Waals surface area (Å²) in [5, 5.41) is 13.0. The van der Waals surface area contributed by atoms with Crippen molar-refractivity contribution in [3.8, 4) is 0 Å².